The summed E-state index contributed by atoms with van der Waals surface area (Å²) in [5, 5.41) is 8.59. The van der Waals surface area contributed by atoms with Crippen LogP contribution >= 0.6 is 0 Å². The predicted octanol–water partition coefficient (Wildman–Crippen LogP) is 1.47. The zero-order chi connectivity index (χ0) is 16.4. The van der Waals surface area contributed by atoms with Crippen molar-refractivity contribution in [2.24, 2.45) is 0 Å². The molecule has 0 heterocycles. The zero-order valence-electron chi connectivity index (χ0n) is 9.83. The Morgan fingerprint density at radius 2 is 1.76 bits per heavy atom. The maximum atomic E-state index is 13.3. The molecule has 3 N–H and O–H groups in total. The van der Waals surface area contributed by atoms with Gasteiger partial charge in [0.25, 0.3) is 10.2 Å². The molecule has 0 bridgehead atoms. The van der Waals surface area contributed by atoms with Crippen LogP contribution in [0, 0.1) is 11.6 Å². The van der Waals surface area contributed by atoms with Gasteiger partial charge in [-0.05, 0) is 6.07 Å². The minimum atomic E-state index is -4.84. The van der Waals surface area contributed by atoms with E-state index in [1.54, 1.807) is 0 Å². The number of nitrogens with one attached hydrogen (secondary N) is 2. The van der Waals surface area contributed by atoms with Crippen LogP contribution in [0.2, 0.25) is 0 Å². The third-order valence-corrected chi connectivity index (χ3v) is 3.01. The highest BCUT2D eigenvalue weighted by Crippen LogP contribution is 2.21. The molecule has 0 aliphatic heterocycles. The predicted molar refractivity (Wildman–Crippen MR) is 59.9 cm³/mol. The van der Waals surface area contributed by atoms with Crippen molar-refractivity contribution in [1.82, 2.24) is 4.72 Å². The first-order chi connectivity index (χ1) is 9.41. The average molecular weight is 334 g/mol. The first kappa shape index (κ1) is 17.1. The molecule has 0 fully saturated rings. The van der Waals surface area contributed by atoms with Crippen LogP contribution in [0.15, 0.2) is 12.1 Å². The van der Waals surface area contributed by atoms with Crippen molar-refractivity contribution < 1.29 is 40.3 Å². The first-order valence-electron chi connectivity index (χ1n) is 4.98. The Balaban J connectivity index is 3.02. The SMILES string of the molecule is O=C(O)c1cc(NS(=O)(=O)NCC(F)(F)F)c(F)cc1F. The summed E-state index contributed by atoms with van der Waals surface area (Å²) in [6.45, 7) is -1.92. The average Bonchev–Trinajstić information content (AvgIpc) is 2.29. The lowest BCUT2D eigenvalue weighted by atomic mass is 10.2. The molecule has 0 atom stereocenters. The van der Waals surface area contributed by atoms with E-state index in [0.717, 1.165) is 4.72 Å². The third-order valence-electron chi connectivity index (χ3n) is 1.99. The first-order valence-corrected chi connectivity index (χ1v) is 6.46. The van der Waals surface area contributed by atoms with Gasteiger partial charge in [0, 0.05) is 6.07 Å². The van der Waals surface area contributed by atoms with Crippen molar-refractivity contribution in [3.05, 3.63) is 29.3 Å². The Hall–Kier alpha value is -1.95. The Bertz CT molecular complexity index is 659. The molecule has 0 saturated heterocycles. The molecule has 0 aliphatic rings. The molecule has 0 radical (unpaired) electrons. The number of benzene rings is 1. The van der Waals surface area contributed by atoms with Gasteiger partial charge in [0.05, 0.1) is 11.3 Å². The molecule has 21 heavy (non-hydrogen) atoms. The minimum absolute atomic E-state index is 0.0884. The quantitative estimate of drug-likeness (QED) is 0.711. The highest BCUT2D eigenvalue weighted by molar-refractivity contribution is 7.90. The molecule has 0 unspecified atom stereocenters. The van der Waals surface area contributed by atoms with Crippen LogP contribution in [0.3, 0.4) is 0 Å². The number of hydrogen-bond donors (Lipinski definition) is 3. The number of aromatic carboxylic acids is 1. The van der Waals surface area contributed by atoms with Crippen LogP contribution in [-0.2, 0) is 10.2 Å². The van der Waals surface area contributed by atoms with Crippen LogP contribution in [0.1, 0.15) is 10.4 Å². The summed E-state index contributed by atoms with van der Waals surface area (Å²) in [6.07, 6.45) is -4.84. The van der Waals surface area contributed by atoms with Gasteiger partial charge in [0.2, 0.25) is 0 Å². The standard InChI is InChI=1S/C9H7F5N2O4S/c10-5-2-6(11)7(1-4(5)8(17)18)16-21(19,20)15-3-9(12,13)14/h1-2,15-16H,3H2,(H,17,18). The molecule has 1 aromatic carbocycles. The zero-order valence-corrected chi connectivity index (χ0v) is 10.6. The highest BCUT2D eigenvalue weighted by Gasteiger charge is 2.30. The van der Waals surface area contributed by atoms with Crippen molar-refractivity contribution in [3.8, 4) is 0 Å². The number of carbonyl (C=O) groups is 1. The lowest BCUT2D eigenvalue weighted by Gasteiger charge is -2.12. The molecular weight excluding hydrogens is 327 g/mol. The lowest BCUT2D eigenvalue weighted by molar-refractivity contribution is -0.121. The van der Waals surface area contributed by atoms with Gasteiger partial charge in [0.15, 0.2) is 0 Å². The summed E-state index contributed by atoms with van der Waals surface area (Å²) in [6, 6.07) is 0.394. The van der Waals surface area contributed by atoms with Crippen LogP contribution in [0.5, 0.6) is 0 Å². The van der Waals surface area contributed by atoms with E-state index in [4.69, 9.17) is 5.11 Å². The number of alkyl halides is 3. The lowest BCUT2D eigenvalue weighted by Crippen LogP contribution is -2.37. The van der Waals surface area contributed by atoms with Crippen molar-refractivity contribution in [2.45, 2.75) is 6.18 Å². The van der Waals surface area contributed by atoms with Crippen LogP contribution in [0.25, 0.3) is 0 Å². The molecule has 0 amide bonds. The van der Waals surface area contributed by atoms with E-state index in [-0.39, 0.29) is 6.07 Å². The number of hydrogen-bond acceptors (Lipinski definition) is 3. The maximum Gasteiger partial charge on any atom is 0.402 e. The van der Waals surface area contributed by atoms with E-state index in [9.17, 15) is 35.2 Å². The third kappa shape index (κ3) is 5.15. The van der Waals surface area contributed by atoms with Crippen molar-refractivity contribution in [1.29, 1.82) is 0 Å². The number of carboxylic acid groups (broad SMARTS) is 1. The molecule has 12 heteroatoms. The van der Waals surface area contributed by atoms with E-state index in [2.05, 4.69) is 0 Å². The number of carboxylic acids is 1. The maximum absolute atomic E-state index is 13.3. The topological polar surface area (TPSA) is 95.5 Å². The van der Waals surface area contributed by atoms with Gasteiger partial charge in [-0.25, -0.2) is 13.6 Å². The molecule has 1 rings (SSSR count). The molecule has 6 nitrogen and oxygen atoms in total. The smallest absolute Gasteiger partial charge is 0.402 e. The monoisotopic (exact) mass is 334 g/mol. The second-order valence-electron chi connectivity index (χ2n) is 3.66. The minimum Gasteiger partial charge on any atom is -0.478 e. The molecule has 118 valence electrons. The van der Waals surface area contributed by atoms with Crippen molar-refractivity contribution in [2.75, 3.05) is 11.3 Å². The van der Waals surface area contributed by atoms with Crippen LogP contribution in [0.4, 0.5) is 27.6 Å². The second kappa shape index (κ2) is 5.81. The normalized spacial score (nSPS) is 12.2. The molecule has 0 aliphatic carbocycles. The second-order valence-corrected chi connectivity index (χ2v) is 5.16. The Labute approximate surface area is 114 Å². The van der Waals surface area contributed by atoms with Gasteiger partial charge in [0.1, 0.15) is 18.2 Å². The largest absolute Gasteiger partial charge is 0.478 e. The number of rotatable bonds is 5. The Kier molecular flexibility index (Phi) is 4.73. The summed E-state index contributed by atoms with van der Waals surface area (Å²) in [7, 11) is -4.82. The molecule has 0 spiro atoms. The van der Waals surface area contributed by atoms with E-state index in [1.165, 1.54) is 4.72 Å². The van der Waals surface area contributed by atoms with Gasteiger partial charge in [-0.2, -0.15) is 26.3 Å². The Morgan fingerprint density at radius 1 is 1.19 bits per heavy atom. The Morgan fingerprint density at radius 3 is 2.24 bits per heavy atom. The molecule has 1 aromatic rings. The van der Waals surface area contributed by atoms with Crippen molar-refractivity contribution in [3.63, 3.8) is 0 Å². The summed E-state index contributed by atoms with van der Waals surface area (Å²) < 4.78 is 86.8. The van der Waals surface area contributed by atoms with E-state index >= 15 is 0 Å². The van der Waals surface area contributed by atoms with E-state index < -0.39 is 51.8 Å². The van der Waals surface area contributed by atoms with E-state index in [1.807, 2.05) is 0 Å². The fourth-order valence-electron chi connectivity index (χ4n) is 1.15. The van der Waals surface area contributed by atoms with Gasteiger partial charge in [-0.15, -0.1) is 0 Å². The summed E-state index contributed by atoms with van der Waals surface area (Å²) in [5.41, 5.74) is -2.06. The van der Waals surface area contributed by atoms with Crippen LogP contribution in [-0.4, -0.2) is 32.2 Å². The van der Waals surface area contributed by atoms with Gasteiger partial charge in [-0.3, -0.25) is 4.72 Å². The fraction of sp³-hybridized carbons (Fsp3) is 0.222. The fourth-order valence-corrected chi connectivity index (χ4v) is 2.02. The van der Waals surface area contributed by atoms with Gasteiger partial charge >= 0.3 is 12.1 Å². The molecule has 0 aromatic heterocycles. The number of anilines is 1. The summed E-state index contributed by atoms with van der Waals surface area (Å²) in [4.78, 5) is 10.6. The highest BCUT2D eigenvalue weighted by atomic mass is 32.2. The molecule has 0 saturated carbocycles. The van der Waals surface area contributed by atoms with Crippen LogP contribution < -0.4 is 9.44 Å². The molecular formula is C9H7F5N2O4S. The summed E-state index contributed by atoms with van der Waals surface area (Å²) >= 11 is 0. The summed E-state index contributed by atoms with van der Waals surface area (Å²) in [5.74, 6) is -4.77. The number of halogens is 5. The van der Waals surface area contributed by atoms with E-state index in [0.29, 0.717) is 6.07 Å². The van der Waals surface area contributed by atoms with Gasteiger partial charge in [-0.1, -0.05) is 0 Å². The van der Waals surface area contributed by atoms with Gasteiger partial charge < -0.3 is 5.11 Å². The van der Waals surface area contributed by atoms with Crippen molar-refractivity contribution >= 4 is 21.9 Å².